The first-order valence-corrected chi connectivity index (χ1v) is 9.67. The van der Waals surface area contributed by atoms with Crippen molar-refractivity contribution in [1.82, 2.24) is 19.7 Å². The van der Waals surface area contributed by atoms with E-state index >= 15 is 0 Å². The predicted molar refractivity (Wildman–Crippen MR) is 109 cm³/mol. The Morgan fingerprint density at radius 1 is 1.04 bits per heavy atom. The monoisotopic (exact) mass is 366 g/mol. The van der Waals surface area contributed by atoms with Crippen molar-refractivity contribution in [2.75, 3.05) is 46.8 Å². The molecular formula is C22H30N4O. The Bertz CT molecular complexity index is 757. The number of hydrogen-bond donors (Lipinski definition) is 0. The van der Waals surface area contributed by atoms with Crippen molar-refractivity contribution in [2.45, 2.75) is 19.9 Å². The molecule has 1 aromatic carbocycles. The van der Waals surface area contributed by atoms with Crippen molar-refractivity contribution >= 4 is 5.91 Å². The minimum Gasteiger partial charge on any atom is -0.340 e. The molecule has 1 aliphatic heterocycles. The minimum absolute atomic E-state index is 0.269. The Morgan fingerprint density at radius 2 is 1.81 bits per heavy atom. The lowest BCUT2D eigenvalue weighted by molar-refractivity contribution is -0.130. The summed E-state index contributed by atoms with van der Waals surface area (Å²) in [4.78, 5) is 23.3. The number of aryl methyl sites for hydroxylation is 1. The van der Waals surface area contributed by atoms with E-state index in [0.29, 0.717) is 6.42 Å². The van der Waals surface area contributed by atoms with Gasteiger partial charge in [0.2, 0.25) is 5.91 Å². The quantitative estimate of drug-likeness (QED) is 0.788. The molecule has 5 nitrogen and oxygen atoms in total. The standard InChI is InChI=1S/C22H30N4O/c1-18-4-6-20(7-5-18)21-14-19(15-23-16-21)17-25-9-8-22(27)26(13-11-25)12-10-24(2)3/h4-7,14-16H,8-13,17H2,1-3H3. The van der Waals surface area contributed by atoms with Crippen molar-refractivity contribution in [3.05, 3.63) is 53.9 Å². The van der Waals surface area contributed by atoms with Crippen LogP contribution in [0.3, 0.4) is 0 Å². The van der Waals surface area contributed by atoms with Crippen LogP contribution in [-0.2, 0) is 11.3 Å². The fourth-order valence-corrected chi connectivity index (χ4v) is 3.36. The summed E-state index contributed by atoms with van der Waals surface area (Å²) in [6.07, 6.45) is 4.45. The van der Waals surface area contributed by atoms with Gasteiger partial charge in [0.05, 0.1) is 0 Å². The van der Waals surface area contributed by atoms with Gasteiger partial charge in [0.25, 0.3) is 0 Å². The summed E-state index contributed by atoms with van der Waals surface area (Å²) in [5.74, 6) is 0.269. The maximum Gasteiger partial charge on any atom is 0.223 e. The second-order valence-corrected chi connectivity index (χ2v) is 7.66. The number of pyridine rings is 1. The second-order valence-electron chi connectivity index (χ2n) is 7.66. The Hall–Kier alpha value is -2.24. The van der Waals surface area contributed by atoms with Gasteiger partial charge < -0.3 is 9.80 Å². The number of likely N-dealkylation sites (N-methyl/N-ethyl adjacent to an activating group) is 1. The maximum atomic E-state index is 12.4. The number of benzene rings is 1. The van der Waals surface area contributed by atoms with Gasteiger partial charge >= 0.3 is 0 Å². The summed E-state index contributed by atoms with van der Waals surface area (Å²) in [5, 5.41) is 0. The van der Waals surface area contributed by atoms with Gasteiger partial charge in [-0.25, -0.2) is 0 Å². The smallest absolute Gasteiger partial charge is 0.223 e. The van der Waals surface area contributed by atoms with Gasteiger partial charge in [0.1, 0.15) is 0 Å². The molecule has 0 unspecified atom stereocenters. The zero-order chi connectivity index (χ0) is 19.2. The van der Waals surface area contributed by atoms with Crippen LogP contribution in [0.15, 0.2) is 42.7 Å². The number of nitrogens with zero attached hydrogens (tertiary/aromatic N) is 4. The average molecular weight is 367 g/mol. The summed E-state index contributed by atoms with van der Waals surface area (Å²) < 4.78 is 0. The van der Waals surface area contributed by atoms with Gasteiger partial charge in [0.15, 0.2) is 0 Å². The largest absolute Gasteiger partial charge is 0.340 e. The highest BCUT2D eigenvalue weighted by molar-refractivity contribution is 5.76. The van der Waals surface area contributed by atoms with Crippen LogP contribution in [0.2, 0.25) is 0 Å². The third-order valence-electron chi connectivity index (χ3n) is 5.08. The summed E-state index contributed by atoms with van der Waals surface area (Å²) in [6, 6.07) is 10.8. The lowest BCUT2D eigenvalue weighted by atomic mass is 10.0. The molecule has 1 fully saturated rings. The average Bonchev–Trinajstić information content (AvgIpc) is 2.82. The molecule has 2 aromatic rings. The van der Waals surface area contributed by atoms with Crippen LogP contribution < -0.4 is 0 Å². The number of hydrogen-bond acceptors (Lipinski definition) is 4. The molecule has 1 saturated heterocycles. The molecule has 144 valence electrons. The van der Waals surface area contributed by atoms with Gasteiger partial charge in [-0.3, -0.25) is 14.7 Å². The summed E-state index contributed by atoms with van der Waals surface area (Å²) in [7, 11) is 4.09. The Kier molecular flexibility index (Phi) is 6.58. The van der Waals surface area contributed by atoms with Crippen LogP contribution in [-0.4, -0.2) is 72.4 Å². The first kappa shape index (κ1) is 19.5. The molecular weight excluding hydrogens is 336 g/mol. The zero-order valence-electron chi connectivity index (χ0n) is 16.7. The van der Waals surface area contributed by atoms with Gasteiger partial charge in [0, 0.05) is 63.6 Å². The first-order valence-electron chi connectivity index (χ1n) is 9.67. The normalized spacial score (nSPS) is 16.0. The zero-order valence-corrected chi connectivity index (χ0v) is 16.7. The summed E-state index contributed by atoms with van der Waals surface area (Å²) >= 11 is 0. The summed E-state index contributed by atoms with van der Waals surface area (Å²) in [5.41, 5.74) is 4.79. The molecule has 3 rings (SSSR count). The molecule has 27 heavy (non-hydrogen) atoms. The predicted octanol–water partition coefficient (Wildman–Crippen LogP) is 2.65. The van der Waals surface area contributed by atoms with Gasteiger partial charge in [-0.2, -0.15) is 0 Å². The van der Waals surface area contributed by atoms with Crippen LogP contribution in [0.25, 0.3) is 11.1 Å². The molecule has 1 aromatic heterocycles. The summed E-state index contributed by atoms with van der Waals surface area (Å²) in [6.45, 7) is 7.18. The van der Waals surface area contributed by atoms with Gasteiger partial charge in [-0.05, 0) is 38.2 Å². The van der Waals surface area contributed by atoms with Crippen molar-refractivity contribution in [1.29, 1.82) is 0 Å². The number of carbonyl (C=O) groups is 1. The van der Waals surface area contributed by atoms with E-state index in [1.54, 1.807) is 0 Å². The topological polar surface area (TPSA) is 39.7 Å². The molecule has 5 heteroatoms. The highest BCUT2D eigenvalue weighted by Crippen LogP contribution is 2.21. The van der Waals surface area contributed by atoms with E-state index in [2.05, 4.69) is 52.0 Å². The molecule has 0 atom stereocenters. The molecule has 0 aliphatic carbocycles. The van der Waals surface area contributed by atoms with Crippen molar-refractivity contribution < 1.29 is 4.79 Å². The second kappa shape index (κ2) is 9.11. The van der Waals surface area contributed by atoms with Gasteiger partial charge in [-0.1, -0.05) is 29.8 Å². The Balaban J connectivity index is 1.63. The molecule has 1 amide bonds. The van der Waals surface area contributed by atoms with E-state index in [0.717, 1.165) is 44.8 Å². The van der Waals surface area contributed by atoms with E-state index in [1.165, 1.54) is 16.7 Å². The number of carbonyl (C=O) groups excluding carboxylic acids is 1. The molecule has 0 saturated carbocycles. The highest BCUT2D eigenvalue weighted by atomic mass is 16.2. The first-order chi connectivity index (χ1) is 13.0. The minimum atomic E-state index is 0.269. The molecule has 0 spiro atoms. The lowest BCUT2D eigenvalue weighted by Gasteiger charge is -2.23. The van der Waals surface area contributed by atoms with E-state index in [9.17, 15) is 4.79 Å². The maximum absolute atomic E-state index is 12.4. The van der Waals surface area contributed by atoms with Crippen molar-refractivity contribution in [3.8, 4) is 11.1 Å². The molecule has 0 bridgehead atoms. The Morgan fingerprint density at radius 3 is 2.56 bits per heavy atom. The highest BCUT2D eigenvalue weighted by Gasteiger charge is 2.20. The molecule has 2 heterocycles. The fourth-order valence-electron chi connectivity index (χ4n) is 3.36. The SMILES string of the molecule is Cc1ccc(-c2cncc(CN3CCC(=O)N(CCN(C)C)CC3)c2)cc1. The number of aromatic nitrogens is 1. The van der Waals surface area contributed by atoms with Gasteiger partial charge in [-0.15, -0.1) is 0 Å². The third kappa shape index (κ3) is 5.62. The Labute approximate surface area is 162 Å². The van der Waals surface area contributed by atoms with Crippen LogP contribution in [0.1, 0.15) is 17.5 Å². The van der Waals surface area contributed by atoms with E-state index in [1.807, 2.05) is 31.4 Å². The molecule has 0 radical (unpaired) electrons. The van der Waals surface area contributed by atoms with Crippen molar-refractivity contribution in [3.63, 3.8) is 0 Å². The van der Waals surface area contributed by atoms with Crippen LogP contribution >= 0.6 is 0 Å². The fraction of sp³-hybridized carbons (Fsp3) is 0.455. The lowest BCUT2D eigenvalue weighted by Crippen LogP contribution is -2.37. The number of amides is 1. The van der Waals surface area contributed by atoms with Crippen LogP contribution in [0.4, 0.5) is 0 Å². The number of rotatable bonds is 6. The van der Waals surface area contributed by atoms with Crippen LogP contribution in [0.5, 0.6) is 0 Å². The van der Waals surface area contributed by atoms with E-state index < -0.39 is 0 Å². The van der Waals surface area contributed by atoms with Crippen LogP contribution in [0, 0.1) is 6.92 Å². The third-order valence-corrected chi connectivity index (χ3v) is 5.08. The van der Waals surface area contributed by atoms with Crippen molar-refractivity contribution in [2.24, 2.45) is 0 Å². The van der Waals surface area contributed by atoms with E-state index in [4.69, 9.17) is 0 Å². The molecule has 0 N–H and O–H groups in total. The molecule has 1 aliphatic rings. The van der Waals surface area contributed by atoms with E-state index in [-0.39, 0.29) is 5.91 Å².